The number of hydrogen-bond acceptors (Lipinski definition) is 12. The predicted molar refractivity (Wildman–Crippen MR) is 326 cm³/mol. The van der Waals surface area contributed by atoms with Crippen molar-refractivity contribution in [3.05, 3.63) is 211 Å². The van der Waals surface area contributed by atoms with Gasteiger partial charge in [0.25, 0.3) is 0 Å². The minimum absolute atomic E-state index is 0. The van der Waals surface area contributed by atoms with Crippen LogP contribution in [0.15, 0.2) is 147 Å². The molecular formula is C58H63F18N8O7P4ReRu-. The molecule has 8 aromatic heterocycles. The molecule has 39 heteroatoms. The van der Waals surface area contributed by atoms with E-state index in [1.807, 2.05) is 156 Å². The Balaban J connectivity index is -0.000000553. The summed E-state index contributed by atoms with van der Waals surface area (Å²) in [5.41, 5.74) is 16.3. The van der Waals surface area contributed by atoms with E-state index in [4.69, 9.17) is 27.5 Å². The smallest absolute Gasteiger partial charge is 0 e. The van der Waals surface area contributed by atoms with Crippen molar-refractivity contribution in [2.75, 3.05) is 19.8 Å². The molecule has 0 saturated carbocycles. The summed E-state index contributed by atoms with van der Waals surface area (Å²) in [5, 5.41) is 10.7. The van der Waals surface area contributed by atoms with E-state index in [9.17, 15) is 80.7 Å². The van der Waals surface area contributed by atoms with E-state index in [0.29, 0.717) is 32.7 Å². The Kier molecular flexibility index (Phi) is 40.5. The number of aryl methyl sites for hydroxylation is 6. The summed E-state index contributed by atoms with van der Waals surface area (Å²) < 4.78 is 216. The van der Waals surface area contributed by atoms with Crippen molar-refractivity contribution < 1.29 is 148 Å². The van der Waals surface area contributed by atoms with Crippen LogP contribution < -0.4 is 0 Å². The van der Waals surface area contributed by atoms with Gasteiger partial charge in [-0.05, 0) is 217 Å². The van der Waals surface area contributed by atoms with Gasteiger partial charge in [0.2, 0.25) is 0 Å². The monoisotopic (exact) mass is 1740 g/mol. The molecular weight excluding hydrogens is 1670 g/mol. The van der Waals surface area contributed by atoms with Gasteiger partial charge >= 0.3 is 161 Å². The van der Waals surface area contributed by atoms with Gasteiger partial charge in [-0.25, -0.2) is 0 Å². The summed E-state index contributed by atoms with van der Waals surface area (Å²) in [6, 6.07) is 32.0. The molecule has 97 heavy (non-hydrogen) atoms. The molecule has 1 N–H and O–H groups in total. The SMILES string of the molecule is CCOP(OCC)OCC.Cc1ccnc(-c2cc(C)ccn2)c1.Cc1ccnc(-c2cc(C)ccn2)c1.Cc1ccnc(-c2cc(CC(O)Cc3ccnc(-c4cc(C)ccn4)c3)ccn2)c1.F[P-](F)(F)(F)(F)F.F[P-](F)(F)(F)(F)F.F[P-](F)(F)(F)(F)F.[C-]#[O+].[C-]#[O+].[C-]#[O+].[Re].[Ru+2]. The first-order valence-electron chi connectivity index (χ1n) is 26.4. The maximum Gasteiger partial charge on any atom is 2.00 e. The Bertz CT molecular complexity index is 3320. The predicted octanol–water partition coefficient (Wildman–Crippen LogP) is 22.2. The van der Waals surface area contributed by atoms with Crippen molar-refractivity contribution >= 4 is 32.0 Å². The third-order valence-corrected chi connectivity index (χ3v) is 11.2. The standard InChI is InChI=1S/C25H24N4O.2C12H12N2.C6H15O3P.3CO.3F6P.Re.Ru/c1-17-3-7-26-22(11-17)24-15-19(5-9-28-24)13-21(30)14-20-6-10-29-25(16-20)23-12-18(2)4-8-27-23;2*1-9-3-5-13-11(7-9)12-8-10(2)4-6-14-12;1-4-7-10(8-5-2)9-6-3;3*1-2;3*1-7(2,3,4,5)6;;/h3-12,15-16,21,30H,13-14H2,1-2H3;2*3-8H,1-2H3;4-6H2,1-3H3;;;;;;;;/q;;;;;;;3*-1;;+2. The van der Waals surface area contributed by atoms with Crippen LogP contribution >= 0.6 is 32.0 Å². The summed E-state index contributed by atoms with van der Waals surface area (Å²) in [6.45, 7) is 33.5. The number of aliphatic hydroxyl groups is 1. The third-order valence-electron chi connectivity index (χ3n) is 9.84. The first kappa shape index (κ1) is 97.4. The number of pyridine rings is 8. The molecule has 0 aromatic carbocycles. The molecule has 0 bridgehead atoms. The fourth-order valence-corrected chi connectivity index (χ4v) is 7.44. The number of halogens is 18. The van der Waals surface area contributed by atoms with E-state index in [-0.39, 0.29) is 39.9 Å². The van der Waals surface area contributed by atoms with Gasteiger partial charge in [-0.3, -0.25) is 39.9 Å². The second-order valence-corrected chi connectivity index (χ2v) is 25.8. The fraction of sp³-hybridized carbons (Fsp3) is 0.259. The van der Waals surface area contributed by atoms with Gasteiger partial charge in [-0.2, -0.15) is 0 Å². The number of aliphatic hydroxyl groups excluding tert-OH is 1. The van der Waals surface area contributed by atoms with Crippen LogP contribution in [0.25, 0.3) is 45.6 Å². The van der Waals surface area contributed by atoms with Gasteiger partial charge in [-0.15, -0.1) is 0 Å². The zero-order valence-electron chi connectivity index (χ0n) is 52.3. The minimum Gasteiger partial charge on any atom is 0 e. The summed E-state index contributed by atoms with van der Waals surface area (Å²) in [5.74, 6) is 0. The van der Waals surface area contributed by atoms with Crippen LogP contribution in [0.1, 0.15) is 65.3 Å². The van der Waals surface area contributed by atoms with Crippen molar-refractivity contribution in [3.8, 4) is 45.6 Å². The van der Waals surface area contributed by atoms with Crippen molar-refractivity contribution in [1.82, 2.24) is 39.9 Å². The quantitative estimate of drug-likeness (QED) is 0.0354. The first-order chi connectivity index (χ1) is 43.3. The molecule has 0 unspecified atom stereocenters. The Morgan fingerprint density at radius 3 is 0.629 bits per heavy atom. The van der Waals surface area contributed by atoms with Crippen LogP contribution in [0.4, 0.5) is 75.5 Å². The number of hydrogen-bond donors (Lipinski definition) is 1. The largest absolute Gasteiger partial charge is 2.00 e. The van der Waals surface area contributed by atoms with Gasteiger partial charge < -0.3 is 18.7 Å². The fourth-order valence-electron chi connectivity index (χ4n) is 6.58. The van der Waals surface area contributed by atoms with Gasteiger partial charge in [0.15, 0.2) is 0 Å². The Morgan fingerprint density at radius 1 is 0.340 bits per heavy atom. The molecule has 0 spiro atoms. The molecule has 0 aliphatic carbocycles. The molecule has 1 radical (unpaired) electrons. The molecule has 15 nitrogen and oxygen atoms in total. The van der Waals surface area contributed by atoms with E-state index in [1.165, 1.54) is 22.3 Å². The second-order valence-electron chi connectivity index (χ2n) is 18.8. The van der Waals surface area contributed by atoms with Crippen molar-refractivity contribution in [3.63, 3.8) is 0 Å². The van der Waals surface area contributed by atoms with Gasteiger partial charge in [0.1, 0.15) is 0 Å². The Morgan fingerprint density at radius 2 is 0.485 bits per heavy atom. The average Bonchev–Trinajstić information content (AvgIpc) is 0.809. The summed E-state index contributed by atoms with van der Waals surface area (Å²) in [7, 11) is -33.0. The molecule has 0 atom stereocenters. The summed E-state index contributed by atoms with van der Waals surface area (Å²) >= 11 is 0. The van der Waals surface area contributed by atoms with Crippen LogP contribution in [-0.4, -0.2) is 70.9 Å². The zero-order valence-corrected chi connectivity index (χ0v) is 60.3. The van der Waals surface area contributed by atoms with Crippen molar-refractivity contribution in [2.45, 2.75) is 81.3 Å². The molecule has 0 saturated heterocycles. The van der Waals surface area contributed by atoms with Crippen LogP contribution in [-0.2, 0) is 80.3 Å². The molecule has 8 aromatic rings. The molecule has 539 valence electrons. The first-order valence-corrected chi connectivity index (χ1v) is 33.6. The molecule has 0 fully saturated rings. The molecule has 8 heterocycles. The van der Waals surface area contributed by atoms with Crippen molar-refractivity contribution in [2.24, 2.45) is 0 Å². The van der Waals surface area contributed by atoms with Crippen molar-refractivity contribution in [1.29, 1.82) is 0 Å². The molecule has 0 aliphatic heterocycles. The van der Waals surface area contributed by atoms with Crippen LogP contribution in [0.3, 0.4) is 0 Å². The minimum atomic E-state index is -10.7. The zero-order chi connectivity index (χ0) is 73.9. The van der Waals surface area contributed by atoms with E-state index in [2.05, 4.69) is 87.5 Å². The number of rotatable bonds is 14. The molecule has 0 amide bonds. The summed E-state index contributed by atoms with van der Waals surface area (Å²) in [6.07, 6.45) is 15.0. The van der Waals surface area contributed by atoms with Crippen LogP contribution in [0.5, 0.6) is 0 Å². The van der Waals surface area contributed by atoms with E-state index in [1.54, 1.807) is 24.8 Å². The van der Waals surface area contributed by atoms with Gasteiger partial charge in [0, 0.05) is 70.0 Å². The van der Waals surface area contributed by atoms with E-state index in [0.717, 1.165) is 67.8 Å². The number of nitrogens with zero attached hydrogens (tertiary/aromatic N) is 8. The topological polar surface area (TPSA) is 211 Å². The maximum atomic E-state index is 10.7. The third kappa shape index (κ3) is 60.9. The Labute approximate surface area is 574 Å². The average molecular weight is 1740 g/mol. The molecule has 0 aliphatic rings. The normalized spacial score (nSPS) is 12.5. The molecule has 8 rings (SSSR count). The Hall–Kier alpha value is -5.99. The van der Waals surface area contributed by atoms with Crippen LogP contribution in [0.2, 0.25) is 0 Å². The summed E-state index contributed by atoms with van der Waals surface area (Å²) in [4.78, 5) is 34.8. The van der Waals surface area contributed by atoms with E-state index >= 15 is 0 Å². The maximum absolute atomic E-state index is 10.7. The number of aromatic nitrogens is 8. The van der Waals surface area contributed by atoms with Crippen LogP contribution in [0, 0.1) is 61.5 Å². The van der Waals surface area contributed by atoms with E-state index < -0.39 is 38.1 Å². The van der Waals surface area contributed by atoms with Gasteiger partial charge in [-0.1, -0.05) is 0 Å². The van der Waals surface area contributed by atoms with Gasteiger partial charge in [0.05, 0.1) is 71.5 Å². The second kappa shape index (κ2) is 40.3.